The van der Waals surface area contributed by atoms with Gasteiger partial charge in [0.2, 0.25) is 0 Å². The molecule has 0 unspecified atom stereocenters. The second kappa shape index (κ2) is 11.8. The minimum atomic E-state index is -3.36. The molecule has 0 spiro atoms. The van der Waals surface area contributed by atoms with E-state index in [1.54, 1.807) is 26.2 Å². The summed E-state index contributed by atoms with van der Waals surface area (Å²) in [7, 11) is -3.36. The lowest BCUT2D eigenvalue weighted by Gasteiger charge is -2.09. The predicted octanol–water partition coefficient (Wildman–Crippen LogP) is 3.53. The van der Waals surface area contributed by atoms with Crippen LogP contribution in [0.15, 0.2) is 35.7 Å². The Morgan fingerprint density at radius 1 is 1.09 bits per heavy atom. The van der Waals surface area contributed by atoms with Gasteiger partial charge in [0.15, 0.2) is 16.4 Å². The lowest BCUT2D eigenvalue weighted by atomic mass is 10.0. The van der Waals surface area contributed by atoms with Crippen LogP contribution >= 0.6 is 11.3 Å². The lowest BCUT2D eigenvalue weighted by molar-refractivity contribution is -0.146. The summed E-state index contributed by atoms with van der Waals surface area (Å²) in [6.45, 7) is 4.82. The van der Waals surface area contributed by atoms with Gasteiger partial charge in [-0.15, -0.1) is 11.3 Å². The largest absolute Gasteiger partial charge is 0.462 e. The van der Waals surface area contributed by atoms with E-state index < -0.39 is 34.3 Å². The Morgan fingerprint density at radius 3 is 2.41 bits per heavy atom. The van der Waals surface area contributed by atoms with Crippen molar-refractivity contribution in [2.45, 2.75) is 27.2 Å². The van der Waals surface area contributed by atoms with Crippen LogP contribution in [0.2, 0.25) is 0 Å². The Balaban J connectivity index is 2.01. The van der Waals surface area contributed by atoms with Crippen molar-refractivity contribution in [3.05, 3.63) is 41.3 Å². The Morgan fingerprint density at radius 2 is 1.78 bits per heavy atom. The molecule has 0 fully saturated rings. The molecule has 174 valence electrons. The molecule has 0 aliphatic heterocycles. The summed E-state index contributed by atoms with van der Waals surface area (Å²) in [5.74, 6) is -2.38. The quantitative estimate of drug-likeness (QED) is 0.488. The van der Waals surface area contributed by atoms with Gasteiger partial charge in [0.25, 0.3) is 5.91 Å². The van der Waals surface area contributed by atoms with Gasteiger partial charge in [-0.05, 0) is 18.4 Å². The maximum Gasteiger partial charge on any atom is 0.341 e. The monoisotopic (exact) mass is 481 g/mol. The first-order chi connectivity index (χ1) is 15.1. The van der Waals surface area contributed by atoms with Crippen LogP contribution < -0.4 is 5.32 Å². The van der Waals surface area contributed by atoms with Crippen molar-refractivity contribution in [2.75, 3.05) is 30.0 Å². The van der Waals surface area contributed by atoms with Crippen LogP contribution in [0.1, 0.15) is 37.6 Å². The fourth-order valence-electron chi connectivity index (χ4n) is 2.90. The third kappa shape index (κ3) is 7.76. The summed E-state index contributed by atoms with van der Waals surface area (Å²) >= 11 is 1.15. The number of hydrogen-bond donors (Lipinski definition) is 1. The van der Waals surface area contributed by atoms with Gasteiger partial charge < -0.3 is 14.8 Å². The summed E-state index contributed by atoms with van der Waals surface area (Å²) in [6.07, 6.45) is -0.326. The van der Waals surface area contributed by atoms with Gasteiger partial charge in [-0.2, -0.15) is 0 Å². The van der Waals surface area contributed by atoms with Gasteiger partial charge >= 0.3 is 11.9 Å². The van der Waals surface area contributed by atoms with Crippen LogP contribution in [-0.4, -0.2) is 51.0 Å². The van der Waals surface area contributed by atoms with E-state index in [4.69, 9.17) is 9.47 Å². The van der Waals surface area contributed by atoms with Crippen molar-refractivity contribution >= 4 is 44.0 Å². The number of esters is 2. The molecule has 32 heavy (non-hydrogen) atoms. The Hall–Kier alpha value is -2.72. The predicted molar refractivity (Wildman–Crippen MR) is 123 cm³/mol. The number of carbonyl (C=O) groups is 3. The number of benzene rings is 1. The molecule has 2 rings (SSSR count). The molecule has 0 radical (unpaired) electrons. The highest BCUT2D eigenvalue weighted by Crippen LogP contribution is 2.36. The molecule has 1 aromatic heterocycles. The van der Waals surface area contributed by atoms with E-state index in [1.807, 2.05) is 30.3 Å². The van der Waals surface area contributed by atoms with Gasteiger partial charge in [-0.1, -0.05) is 44.2 Å². The molecule has 8 nitrogen and oxygen atoms in total. The number of hydrogen-bond acceptors (Lipinski definition) is 8. The smallest absolute Gasteiger partial charge is 0.341 e. The van der Waals surface area contributed by atoms with Crippen molar-refractivity contribution in [2.24, 2.45) is 5.92 Å². The van der Waals surface area contributed by atoms with Crippen molar-refractivity contribution in [1.82, 2.24) is 0 Å². The van der Waals surface area contributed by atoms with E-state index in [0.29, 0.717) is 5.56 Å². The number of rotatable bonds is 11. The molecule has 1 heterocycles. The fraction of sp³-hybridized carbons (Fsp3) is 0.409. The molecule has 10 heteroatoms. The van der Waals surface area contributed by atoms with E-state index in [9.17, 15) is 22.8 Å². The molecule has 1 N–H and O–H groups in total. The highest BCUT2D eigenvalue weighted by molar-refractivity contribution is 7.91. The highest BCUT2D eigenvalue weighted by Gasteiger charge is 2.23. The van der Waals surface area contributed by atoms with E-state index in [0.717, 1.165) is 16.9 Å². The minimum Gasteiger partial charge on any atom is -0.462 e. The first-order valence-corrected chi connectivity index (χ1v) is 12.8. The van der Waals surface area contributed by atoms with Gasteiger partial charge in [0.1, 0.15) is 10.6 Å². The van der Waals surface area contributed by atoms with Gasteiger partial charge in [0.05, 0.1) is 24.5 Å². The maximum atomic E-state index is 12.5. The lowest BCUT2D eigenvalue weighted by Crippen LogP contribution is -2.23. The molecule has 0 aliphatic carbocycles. The number of ether oxygens (including phenoxy) is 2. The third-order valence-electron chi connectivity index (χ3n) is 4.18. The van der Waals surface area contributed by atoms with Gasteiger partial charge in [-0.3, -0.25) is 9.59 Å². The molecular weight excluding hydrogens is 454 g/mol. The summed E-state index contributed by atoms with van der Waals surface area (Å²) < 4.78 is 33.8. The molecular formula is C22H27NO7S2. The molecule has 1 aromatic carbocycles. The minimum absolute atomic E-state index is 0.0144. The number of anilines is 1. The molecule has 1 amide bonds. The van der Waals surface area contributed by atoms with Crippen LogP contribution in [0.5, 0.6) is 0 Å². The van der Waals surface area contributed by atoms with E-state index >= 15 is 0 Å². The second-order valence-electron chi connectivity index (χ2n) is 7.41. The third-order valence-corrected chi connectivity index (χ3v) is 7.07. The van der Waals surface area contributed by atoms with E-state index in [1.165, 1.54) is 0 Å². The fourth-order valence-corrected chi connectivity index (χ4v) is 5.53. The first kappa shape index (κ1) is 25.5. The molecule has 2 aromatic rings. The average molecular weight is 482 g/mol. The standard InChI is InChI=1S/C22H27NO7S2/c1-4-29-22(26)20-17(16-8-6-5-7-9-16)13-31-21(20)23-18(24)12-30-19(25)10-11-32(27,28)14-15(2)3/h5-9,13,15H,4,10-12,14H2,1-3H3,(H,23,24). The van der Waals surface area contributed by atoms with Crippen LogP contribution in [0, 0.1) is 5.92 Å². The number of amides is 1. The number of sulfone groups is 1. The molecule has 0 atom stereocenters. The van der Waals surface area contributed by atoms with Crippen molar-refractivity contribution in [3.8, 4) is 11.1 Å². The van der Waals surface area contributed by atoms with Crippen molar-refractivity contribution < 1.29 is 32.3 Å². The second-order valence-corrected chi connectivity index (χ2v) is 10.5. The molecule has 0 saturated heterocycles. The van der Waals surface area contributed by atoms with Crippen molar-refractivity contribution in [3.63, 3.8) is 0 Å². The Kier molecular flexibility index (Phi) is 9.40. The molecule has 0 aliphatic rings. The zero-order valence-corrected chi connectivity index (χ0v) is 19.9. The van der Waals surface area contributed by atoms with Crippen molar-refractivity contribution in [1.29, 1.82) is 0 Å². The summed E-state index contributed by atoms with van der Waals surface area (Å²) in [5.41, 5.74) is 1.64. The van der Waals surface area contributed by atoms with Gasteiger partial charge in [0, 0.05) is 10.9 Å². The summed E-state index contributed by atoms with van der Waals surface area (Å²) in [4.78, 5) is 36.6. The normalized spacial score (nSPS) is 11.2. The number of carbonyl (C=O) groups excluding carboxylic acids is 3. The Bertz CT molecular complexity index is 1040. The van der Waals surface area contributed by atoms with Crippen LogP contribution in [0.3, 0.4) is 0 Å². The Labute approximate surface area is 191 Å². The first-order valence-electron chi connectivity index (χ1n) is 10.1. The molecule has 0 bridgehead atoms. The average Bonchev–Trinajstić information content (AvgIpc) is 3.14. The molecule has 0 saturated carbocycles. The number of nitrogens with one attached hydrogen (secondary N) is 1. The maximum absolute atomic E-state index is 12.5. The van der Waals surface area contributed by atoms with Crippen LogP contribution in [0.4, 0.5) is 5.00 Å². The topological polar surface area (TPSA) is 116 Å². The van der Waals surface area contributed by atoms with Gasteiger partial charge in [-0.25, -0.2) is 13.2 Å². The van der Waals surface area contributed by atoms with E-state index in [2.05, 4.69) is 5.32 Å². The van der Waals surface area contributed by atoms with Crippen LogP contribution in [0.25, 0.3) is 11.1 Å². The SMILES string of the molecule is CCOC(=O)c1c(-c2ccccc2)csc1NC(=O)COC(=O)CCS(=O)(=O)CC(C)C. The summed E-state index contributed by atoms with van der Waals surface area (Å²) in [6, 6.07) is 9.20. The zero-order chi connectivity index (χ0) is 23.7. The summed E-state index contributed by atoms with van der Waals surface area (Å²) in [5, 5.41) is 4.60. The highest BCUT2D eigenvalue weighted by atomic mass is 32.2. The zero-order valence-electron chi connectivity index (χ0n) is 18.3. The van der Waals surface area contributed by atoms with E-state index in [-0.39, 0.29) is 41.0 Å². The number of thiophene rings is 1. The van der Waals surface area contributed by atoms with Crippen LogP contribution in [-0.2, 0) is 28.9 Å².